The summed E-state index contributed by atoms with van der Waals surface area (Å²) in [5.41, 5.74) is 5.85. The molecule has 1 fully saturated rings. The molecule has 1 aliphatic heterocycles. The smallest absolute Gasteiger partial charge is 0.216 e. The molecule has 0 bridgehead atoms. The lowest BCUT2D eigenvalue weighted by Gasteiger charge is -2.34. The van der Waals surface area contributed by atoms with Gasteiger partial charge in [0.2, 0.25) is 10.0 Å². The van der Waals surface area contributed by atoms with Crippen LogP contribution < -0.4 is 5.73 Å². The first kappa shape index (κ1) is 14.9. The Kier molecular flexibility index (Phi) is 5.37. The summed E-state index contributed by atoms with van der Waals surface area (Å²) in [5, 5.41) is 0. The molecule has 6 heteroatoms. The fraction of sp³-hybridized carbons (Fsp3) is 1.00. The van der Waals surface area contributed by atoms with Crippen LogP contribution in [0.4, 0.5) is 0 Å². The van der Waals surface area contributed by atoms with E-state index in [1.165, 1.54) is 7.11 Å². The number of nitrogens with zero attached hydrogens (tertiary/aromatic N) is 1. The lowest BCUT2D eigenvalue weighted by Crippen LogP contribution is -2.46. The maximum atomic E-state index is 12.1. The predicted octanol–water partition coefficient (Wildman–Crippen LogP) is 0.410. The van der Waals surface area contributed by atoms with Crippen LogP contribution in [0.15, 0.2) is 0 Å². The number of ether oxygens (including phenoxy) is 1. The van der Waals surface area contributed by atoms with Crippen molar-refractivity contribution in [1.82, 2.24) is 4.31 Å². The molecule has 3 atom stereocenters. The maximum Gasteiger partial charge on any atom is 0.216 e. The van der Waals surface area contributed by atoms with E-state index in [1.54, 1.807) is 11.2 Å². The summed E-state index contributed by atoms with van der Waals surface area (Å²) in [7, 11) is -1.68. The maximum absolute atomic E-state index is 12.1. The Morgan fingerprint density at radius 1 is 1.47 bits per heavy atom. The average molecular weight is 264 g/mol. The van der Waals surface area contributed by atoms with Gasteiger partial charge in [0, 0.05) is 26.2 Å². The fourth-order valence-electron chi connectivity index (χ4n) is 2.13. The molecule has 1 rings (SSSR count). The minimum absolute atomic E-state index is 0.0489. The summed E-state index contributed by atoms with van der Waals surface area (Å²) in [5.74, 6) is 0.325. The van der Waals surface area contributed by atoms with Crippen molar-refractivity contribution in [3.05, 3.63) is 0 Å². The summed E-state index contributed by atoms with van der Waals surface area (Å²) in [4.78, 5) is 0. The molecular weight excluding hydrogens is 240 g/mol. The van der Waals surface area contributed by atoms with Gasteiger partial charge in [-0.1, -0.05) is 0 Å². The molecule has 0 saturated carbocycles. The first-order valence-corrected chi connectivity index (χ1v) is 7.74. The van der Waals surface area contributed by atoms with Gasteiger partial charge in [-0.3, -0.25) is 0 Å². The molecular formula is C11H24N2O3S. The van der Waals surface area contributed by atoms with E-state index in [0.29, 0.717) is 13.1 Å². The van der Waals surface area contributed by atoms with Gasteiger partial charge in [0.05, 0.1) is 11.9 Å². The molecule has 17 heavy (non-hydrogen) atoms. The first-order chi connectivity index (χ1) is 7.86. The minimum atomic E-state index is -3.21. The molecule has 3 unspecified atom stereocenters. The number of piperidine rings is 1. The van der Waals surface area contributed by atoms with Crippen molar-refractivity contribution in [2.45, 2.75) is 38.8 Å². The normalized spacial score (nSPS) is 26.7. The summed E-state index contributed by atoms with van der Waals surface area (Å²) in [6.07, 6.45) is 1.65. The second-order valence-electron chi connectivity index (χ2n) is 4.94. The first-order valence-electron chi connectivity index (χ1n) is 6.13. The van der Waals surface area contributed by atoms with Crippen molar-refractivity contribution in [3.63, 3.8) is 0 Å². The van der Waals surface area contributed by atoms with Crippen LogP contribution in [0.2, 0.25) is 0 Å². The third kappa shape index (κ3) is 4.21. The predicted molar refractivity (Wildman–Crippen MR) is 68.2 cm³/mol. The van der Waals surface area contributed by atoms with Gasteiger partial charge in [-0.25, -0.2) is 12.7 Å². The highest BCUT2D eigenvalue weighted by atomic mass is 32.2. The van der Waals surface area contributed by atoms with Gasteiger partial charge in [0.25, 0.3) is 0 Å². The van der Waals surface area contributed by atoms with Crippen molar-refractivity contribution in [2.75, 3.05) is 26.0 Å². The molecule has 0 radical (unpaired) electrons. The number of methoxy groups -OCH3 is 1. The van der Waals surface area contributed by atoms with Gasteiger partial charge < -0.3 is 10.5 Å². The quantitative estimate of drug-likeness (QED) is 0.780. The zero-order valence-electron chi connectivity index (χ0n) is 10.9. The fourth-order valence-corrected chi connectivity index (χ4v) is 3.89. The van der Waals surface area contributed by atoms with Gasteiger partial charge in [-0.2, -0.15) is 0 Å². The van der Waals surface area contributed by atoms with E-state index < -0.39 is 10.0 Å². The SMILES string of the molecule is COC(C)CS(=O)(=O)N1CCCC(C(C)N)C1. The minimum Gasteiger partial charge on any atom is -0.381 e. The number of hydrogen-bond acceptors (Lipinski definition) is 4. The Bertz CT molecular complexity index is 330. The lowest BCUT2D eigenvalue weighted by atomic mass is 9.93. The van der Waals surface area contributed by atoms with Gasteiger partial charge in [0.1, 0.15) is 0 Å². The molecule has 1 heterocycles. The molecule has 1 aliphatic rings. The van der Waals surface area contributed by atoms with Crippen LogP contribution >= 0.6 is 0 Å². The molecule has 102 valence electrons. The number of sulfonamides is 1. The third-order valence-electron chi connectivity index (χ3n) is 3.41. The largest absolute Gasteiger partial charge is 0.381 e. The van der Waals surface area contributed by atoms with Gasteiger partial charge in [-0.05, 0) is 32.6 Å². The van der Waals surface area contributed by atoms with Crippen LogP contribution in [0.3, 0.4) is 0 Å². The van der Waals surface area contributed by atoms with Crippen molar-refractivity contribution in [3.8, 4) is 0 Å². The van der Waals surface area contributed by atoms with E-state index in [-0.39, 0.29) is 23.8 Å². The monoisotopic (exact) mass is 264 g/mol. The molecule has 0 aromatic rings. The number of hydrogen-bond donors (Lipinski definition) is 1. The topological polar surface area (TPSA) is 72.6 Å². The van der Waals surface area contributed by atoms with Crippen molar-refractivity contribution in [2.24, 2.45) is 11.7 Å². The molecule has 0 amide bonds. The van der Waals surface area contributed by atoms with Crippen LogP contribution in [0.1, 0.15) is 26.7 Å². The number of rotatable bonds is 5. The van der Waals surface area contributed by atoms with Crippen molar-refractivity contribution < 1.29 is 13.2 Å². The molecule has 2 N–H and O–H groups in total. The second kappa shape index (κ2) is 6.13. The highest BCUT2D eigenvalue weighted by molar-refractivity contribution is 7.89. The number of nitrogens with two attached hydrogens (primary N) is 1. The van der Waals surface area contributed by atoms with Crippen molar-refractivity contribution in [1.29, 1.82) is 0 Å². The zero-order chi connectivity index (χ0) is 13.1. The summed E-state index contributed by atoms with van der Waals surface area (Å²) in [6, 6.07) is 0.0489. The van der Waals surface area contributed by atoms with Crippen LogP contribution in [-0.2, 0) is 14.8 Å². The van der Waals surface area contributed by atoms with Crippen molar-refractivity contribution >= 4 is 10.0 Å². The molecule has 0 aromatic carbocycles. The standard InChI is InChI=1S/C11H24N2O3S/c1-9(16-3)8-17(14,15)13-6-4-5-11(7-13)10(2)12/h9-11H,4-8,12H2,1-3H3. The van der Waals surface area contributed by atoms with E-state index in [9.17, 15) is 8.42 Å². The summed E-state index contributed by atoms with van der Waals surface area (Å²) >= 11 is 0. The average Bonchev–Trinajstić information content (AvgIpc) is 2.28. The Morgan fingerprint density at radius 3 is 2.65 bits per heavy atom. The highest BCUT2D eigenvalue weighted by Gasteiger charge is 2.31. The van der Waals surface area contributed by atoms with Crippen LogP contribution in [0.25, 0.3) is 0 Å². The Morgan fingerprint density at radius 2 is 2.12 bits per heavy atom. The Balaban J connectivity index is 2.65. The van der Waals surface area contributed by atoms with E-state index in [0.717, 1.165) is 12.8 Å². The van der Waals surface area contributed by atoms with Gasteiger partial charge in [0.15, 0.2) is 0 Å². The van der Waals surface area contributed by atoms with Gasteiger partial charge >= 0.3 is 0 Å². The van der Waals surface area contributed by atoms with E-state index in [2.05, 4.69) is 0 Å². The summed E-state index contributed by atoms with van der Waals surface area (Å²) in [6.45, 7) is 4.88. The molecule has 0 aromatic heterocycles. The molecule has 0 spiro atoms. The highest BCUT2D eigenvalue weighted by Crippen LogP contribution is 2.21. The van der Waals surface area contributed by atoms with Crippen LogP contribution in [-0.4, -0.2) is 50.8 Å². The Labute approximate surface area is 104 Å². The van der Waals surface area contributed by atoms with E-state index in [1.807, 2.05) is 6.92 Å². The molecule has 1 saturated heterocycles. The van der Waals surface area contributed by atoms with Gasteiger partial charge in [-0.15, -0.1) is 0 Å². The third-order valence-corrected chi connectivity index (χ3v) is 5.41. The Hall–Kier alpha value is -0.170. The molecule has 5 nitrogen and oxygen atoms in total. The van der Waals surface area contributed by atoms with Crippen LogP contribution in [0.5, 0.6) is 0 Å². The molecule has 0 aliphatic carbocycles. The second-order valence-corrected chi connectivity index (χ2v) is 6.96. The summed E-state index contributed by atoms with van der Waals surface area (Å²) < 4.78 is 30.8. The van der Waals surface area contributed by atoms with E-state index in [4.69, 9.17) is 10.5 Å². The van der Waals surface area contributed by atoms with Crippen LogP contribution in [0, 0.1) is 5.92 Å². The zero-order valence-corrected chi connectivity index (χ0v) is 11.7. The lowest BCUT2D eigenvalue weighted by molar-refractivity contribution is 0.134. The van der Waals surface area contributed by atoms with E-state index >= 15 is 0 Å².